The third-order valence-electron chi connectivity index (χ3n) is 5.21. The standard InChI is InChI=1S/C18H23N5O2/c1-12-17(20-21-23(12)14-5-8-19-9-6-14)18(24)22-10-7-13-11-15(25-2)3-4-16(13)22/h3-4,11,14,19H,5-10H2,1-2H3. The van der Waals surface area contributed by atoms with Crippen molar-refractivity contribution in [3.63, 3.8) is 0 Å². The highest BCUT2D eigenvalue weighted by molar-refractivity contribution is 6.06. The first-order chi connectivity index (χ1) is 12.2. The Morgan fingerprint density at radius 3 is 2.88 bits per heavy atom. The molecule has 0 atom stereocenters. The maximum Gasteiger partial charge on any atom is 0.280 e. The topological polar surface area (TPSA) is 72.3 Å². The number of piperidine rings is 1. The molecule has 1 N–H and O–H groups in total. The summed E-state index contributed by atoms with van der Waals surface area (Å²) in [4.78, 5) is 14.9. The van der Waals surface area contributed by atoms with Gasteiger partial charge in [0, 0.05) is 12.2 Å². The van der Waals surface area contributed by atoms with Crippen molar-refractivity contribution in [2.75, 3.05) is 31.6 Å². The lowest BCUT2D eigenvalue weighted by Gasteiger charge is -2.23. The molecule has 132 valence electrons. The molecule has 1 fully saturated rings. The van der Waals surface area contributed by atoms with E-state index in [1.807, 2.05) is 29.8 Å². The fraction of sp³-hybridized carbons (Fsp3) is 0.500. The molecule has 25 heavy (non-hydrogen) atoms. The Morgan fingerprint density at radius 1 is 1.32 bits per heavy atom. The van der Waals surface area contributed by atoms with Gasteiger partial charge >= 0.3 is 0 Å². The van der Waals surface area contributed by atoms with Crippen molar-refractivity contribution >= 4 is 11.6 Å². The van der Waals surface area contributed by atoms with Crippen LogP contribution in [0, 0.1) is 6.92 Å². The van der Waals surface area contributed by atoms with Gasteiger partial charge in [-0.15, -0.1) is 5.10 Å². The largest absolute Gasteiger partial charge is 0.497 e. The molecule has 0 radical (unpaired) electrons. The fourth-order valence-electron chi connectivity index (χ4n) is 3.78. The molecule has 0 saturated carbocycles. The van der Waals surface area contributed by atoms with Gasteiger partial charge in [0.2, 0.25) is 0 Å². The number of nitrogens with zero attached hydrogens (tertiary/aromatic N) is 4. The second-order valence-electron chi connectivity index (χ2n) is 6.65. The maximum atomic E-state index is 13.0. The minimum Gasteiger partial charge on any atom is -0.497 e. The Morgan fingerprint density at radius 2 is 2.12 bits per heavy atom. The zero-order valence-corrected chi connectivity index (χ0v) is 14.7. The van der Waals surface area contributed by atoms with Crippen LogP contribution in [-0.4, -0.2) is 47.6 Å². The number of benzene rings is 1. The van der Waals surface area contributed by atoms with Crippen molar-refractivity contribution in [2.24, 2.45) is 0 Å². The number of amides is 1. The molecule has 7 nitrogen and oxygen atoms in total. The van der Waals surface area contributed by atoms with Crippen molar-refractivity contribution < 1.29 is 9.53 Å². The van der Waals surface area contributed by atoms with E-state index in [9.17, 15) is 4.79 Å². The highest BCUT2D eigenvalue weighted by atomic mass is 16.5. The molecule has 7 heteroatoms. The van der Waals surface area contributed by atoms with E-state index in [2.05, 4.69) is 15.6 Å². The predicted molar refractivity (Wildman–Crippen MR) is 94.3 cm³/mol. The minimum atomic E-state index is -0.0680. The molecule has 1 amide bonds. The first kappa shape index (κ1) is 16.1. The summed E-state index contributed by atoms with van der Waals surface area (Å²) in [6.45, 7) is 4.57. The summed E-state index contributed by atoms with van der Waals surface area (Å²) < 4.78 is 7.20. The van der Waals surface area contributed by atoms with Crippen molar-refractivity contribution in [3.8, 4) is 5.75 Å². The summed E-state index contributed by atoms with van der Waals surface area (Å²) in [5.41, 5.74) is 3.40. The van der Waals surface area contributed by atoms with E-state index >= 15 is 0 Å². The number of methoxy groups -OCH3 is 1. The lowest BCUT2D eigenvalue weighted by atomic mass is 10.1. The number of fused-ring (bicyclic) bond motifs is 1. The Labute approximate surface area is 147 Å². The number of rotatable bonds is 3. The number of anilines is 1. The SMILES string of the molecule is COc1ccc2c(c1)CCN2C(=O)c1nnn(C2CCNCC2)c1C. The number of carbonyl (C=O) groups is 1. The second kappa shape index (κ2) is 6.48. The van der Waals surface area contributed by atoms with Crippen LogP contribution in [0.2, 0.25) is 0 Å². The van der Waals surface area contributed by atoms with Gasteiger partial charge in [0.25, 0.3) is 5.91 Å². The van der Waals surface area contributed by atoms with Gasteiger partial charge in [-0.1, -0.05) is 5.21 Å². The highest BCUT2D eigenvalue weighted by Gasteiger charge is 2.30. The van der Waals surface area contributed by atoms with Crippen LogP contribution < -0.4 is 15.0 Å². The Bertz CT molecular complexity index is 795. The number of carbonyl (C=O) groups excluding carboxylic acids is 1. The molecule has 3 heterocycles. The van der Waals surface area contributed by atoms with Gasteiger partial charge in [0.05, 0.1) is 18.8 Å². The van der Waals surface area contributed by atoms with E-state index in [0.29, 0.717) is 18.3 Å². The van der Waals surface area contributed by atoms with Crippen LogP contribution in [0.1, 0.15) is 40.6 Å². The summed E-state index contributed by atoms with van der Waals surface area (Å²) in [6, 6.07) is 6.17. The average Bonchev–Trinajstić information content (AvgIpc) is 3.25. The number of hydrogen-bond acceptors (Lipinski definition) is 5. The Balaban J connectivity index is 1.60. The zero-order valence-electron chi connectivity index (χ0n) is 14.7. The summed E-state index contributed by atoms with van der Waals surface area (Å²) in [5.74, 6) is 0.752. The maximum absolute atomic E-state index is 13.0. The lowest BCUT2D eigenvalue weighted by Crippen LogP contribution is -2.31. The fourth-order valence-corrected chi connectivity index (χ4v) is 3.78. The van der Waals surface area contributed by atoms with Gasteiger partial charge in [0.1, 0.15) is 5.75 Å². The molecule has 0 aliphatic carbocycles. The van der Waals surface area contributed by atoms with Crippen LogP contribution in [0.4, 0.5) is 5.69 Å². The monoisotopic (exact) mass is 341 g/mol. The van der Waals surface area contributed by atoms with E-state index in [-0.39, 0.29) is 5.91 Å². The van der Waals surface area contributed by atoms with E-state index in [1.165, 1.54) is 0 Å². The van der Waals surface area contributed by atoms with Crippen molar-refractivity contribution in [1.29, 1.82) is 0 Å². The molecule has 4 rings (SSSR count). The van der Waals surface area contributed by atoms with Gasteiger partial charge in [-0.2, -0.15) is 0 Å². The van der Waals surface area contributed by atoms with Crippen LogP contribution in [0.25, 0.3) is 0 Å². The van der Waals surface area contributed by atoms with Gasteiger partial charge in [-0.3, -0.25) is 4.79 Å². The van der Waals surface area contributed by atoms with Crippen LogP contribution in [0.15, 0.2) is 18.2 Å². The van der Waals surface area contributed by atoms with Crippen molar-refractivity contribution in [3.05, 3.63) is 35.2 Å². The van der Waals surface area contributed by atoms with Gasteiger partial charge in [-0.05, 0) is 63.0 Å². The quantitative estimate of drug-likeness (QED) is 0.920. The van der Waals surface area contributed by atoms with E-state index < -0.39 is 0 Å². The van der Waals surface area contributed by atoms with Crippen molar-refractivity contribution in [2.45, 2.75) is 32.2 Å². The van der Waals surface area contributed by atoms with Crippen LogP contribution in [-0.2, 0) is 6.42 Å². The molecule has 0 bridgehead atoms. The van der Waals surface area contributed by atoms with Gasteiger partial charge in [0.15, 0.2) is 5.69 Å². The number of ether oxygens (including phenoxy) is 1. The smallest absolute Gasteiger partial charge is 0.280 e. The second-order valence-corrected chi connectivity index (χ2v) is 6.65. The minimum absolute atomic E-state index is 0.0680. The molecule has 1 saturated heterocycles. The molecule has 2 aromatic rings. The van der Waals surface area contributed by atoms with E-state index in [1.54, 1.807) is 12.0 Å². The van der Waals surface area contributed by atoms with Gasteiger partial charge in [-0.25, -0.2) is 4.68 Å². The molecule has 2 aliphatic rings. The van der Waals surface area contributed by atoms with E-state index in [0.717, 1.165) is 55.0 Å². The highest BCUT2D eigenvalue weighted by Crippen LogP contribution is 2.32. The molecular weight excluding hydrogens is 318 g/mol. The lowest BCUT2D eigenvalue weighted by molar-refractivity contribution is 0.0984. The molecule has 0 spiro atoms. The van der Waals surface area contributed by atoms with Crippen molar-refractivity contribution in [1.82, 2.24) is 20.3 Å². The molecule has 1 aromatic carbocycles. The number of nitrogens with one attached hydrogen (secondary N) is 1. The number of aromatic nitrogens is 3. The Kier molecular flexibility index (Phi) is 4.17. The first-order valence-corrected chi connectivity index (χ1v) is 8.80. The summed E-state index contributed by atoms with van der Waals surface area (Å²) >= 11 is 0. The predicted octanol–water partition coefficient (Wildman–Crippen LogP) is 1.72. The molecule has 0 unspecified atom stereocenters. The summed E-state index contributed by atoms with van der Waals surface area (Å²) in [7, 11) is 1.65. The Hall–Kier alpha value is -2.41. The van der Waals surface area contributed by atoms with Crippen LogP contribution in [0.3, 0.4) is 0 Å². The molecule has 2 aliphatic heterocycles. The van der Waals surface area contributed by atoms with Crippen LogP contribution >= 0.6 is 0 Å². The third-order valence-corrected chi connectivity index (χ3v) is 5.21. The average molecular weight is 341 g/mol. The van der Waals surface area contributed by atoms with Crippen LogP contribution in [0.5, 0.6) is 5.75 Å². The molecule has 1 aromatic heterocycles. The zero-order chi connectivity index (χ0) is 17.4. The third kappa shape index (κ3) is 2.78. The first-order valence-electron chi connectivity index (χ1n) is 8.80. The van der Waals surface area contributed by atoms with Gasteiger partial charge < -0.3 is 15.0 Å². The normalized spacial score (nSPS) is 17.6. The molecular formula is C18H23N5O2. The summed E-state index contributed by atoms with van der Waals surface area (Å²) in [6.07, 6.45) is 2.87. The number of hydrogen-bond donors (Lipinski definition) is 1. The van der Waals surface area contributed by atoms with E-state index in [4.69, 9.17) is 4.74 Å². The summed E-state index contributed by atoms with van der Waals surface area (Å²) in [5, 5.41) is 11.9.